The van der Waals surface area contributed by atoms with Crippen molar-refractivity contribution in [2.24, 2.45) is 0 Å². The standard InChI is InChI=1S/C16H14N2O4S/c1-10(21-16(19)12-7-8-23-9-12)14-17-18-15(22-14)11-3-5-13(20-2)6-4-11/h3-10H,1-2H3/t10-/m1/s1. The van der Waals surface area contributed by atoms with E-state index in [1.54, 1.807) is 37.6 Å². The van der Waals surface area contributed by atoms with Crippen LogP contribution < -0.4 is 4.74 Å². The molecule has 0 unspecified atom stereocenters. The van der Waals surface area contributed by atoms with Crippen LogP contribution >= 0.6 is 11.3 Å². The van der Waals surface area contributed by atoms with Gasteiger partial charge < -0.3 is 13.9 Å². The van der Waals surface area contributed by atoms with Crippen LogP contribution in [-0.2, 0) is 4.74 Å². The summed E-state index contributed by atoms with van der Waals surface area (Å²) in [5.41, 5.74) is 1.28. The summed E-state index contributed by atoms with van der Waals surface area (Å²) in [6.45, 7) is 1.69. The molecule has 0 saturated carbocycles. The van der Waals surface area contributed by atoms with Crippen LogP contribution in [0.4, 0.5) is 0 Å². The molecule has 6 nitrogen and oxygen atoms in total. The van der Waals surface area contributed by atoms with Gasteiger partial charge in [0.1, 0.15) is 5.75 Å². The van der Waals surface area contributed by atoms with Crippen molar-refractivity contribution < 1.29 is 18.7 Å². The Morgan fingerprint density at radius 1 is 1.22 bits per heavy atom. The van der Waals surface area contributed by atoms with Gasteiger partial charge in [0.2, 0.25) is 5.89 Å². The van der Waals surface area contributed by atoms with Gasteiger partial charge in [-0.25, -0.2) is 4.79 Å². The Hall–Kier alpha value is -2.67. The third-order valence-corrected chi connectivity index (χ3v) is 3.85. The number of carbonyl (C=O) groups is 1. The zero-order chi connectivity index (χ0) is 16.2. The minimum atomic E-state index is -0.623. The number of thiophene rings is 1. The lowest BCUT2D eigenvalue weighted by atomic mass is 10.2. The molecule has 0 aliphatic heterocycles. The van der Waals surface area contributed by atoms with E-state index in [4.69, 9.17) is 13.9 Å². The SMILES string of the molecule is COc1ccc(-c2nnc([C@@H](C)OC(=O)c3ccsc3)o2)cc1. The molecule has 2 heterocycles. The Labute approximate surface area is 136 Å². The second kappa shape index (κ2) is 6.62. The van der Waals surface area contributed by atoms with E-state index in [1.807, 2.05) is 17.5 Å². The van der Waals surface area contributed by atoms with Gasteiger partial charge in [-0.3, -0.25) is 0 Å². The normalized spacial score (nSPS) is 11.9. The lowest BCUT2D eigenvalue weighted by Crippen LogP contribution is -2.08. The molecule has 0 spiro atoms. The number of carbonyl (C=O) groups excluding carboxylic acids is 1. The molecule has 0 amide bonds. The molecule has 0 saturated heterocycles. The van der Waals surface area contributed by atoms with Crippen molar-refractivity contribution in [3.63, 3.8) is 0 Å². The van der Waals surface area contributed by atoms with Gasteiger partial charge in [0.15, 0.2) is 6.10 Å². The number of hydrogen-bond donors (Lipinski definition) is 0. The van der Waals surface area contributed by atoms with Crippen LogP contribution in [0.1, 0.15) is 29.3 Å². The van der Waals surface area contributed by atoms with Crippen LogP contribution in [-0.4, -0.2) is 23.3 Å². The highest BCUT2D eigenvalue weighted by atomic mass is 32.1. The van der Waals surface area contributed by atoms with Crippen LogP contribution in [0.15, 0.2) is 45.5 Å². The Balaban J connectivity index is 1.71. The van der Waals surface area contributed by atoms with E-state index in [0.717, 1.165) is 11.3 Å². The Morgan fingerprint density at radius 2 is 2.00 bits per heavy atom. The van der Waals surface area contributed by atoms with Crippen LogP contribution in [0.3, 0.4) is 0 Å². The van der Waals surface area contributed by atoms with Gasteiger partial charge in [-0.15, -0.1) is 10.2 Å². The number of benzene rings is 1. The number of ether oxygens (including phenoxy) is 2. The largest absolute Gasteiger partial charge is 0.497 e. The predicted octanol–water partition coefficient (Wildman–Crippen LogP) is 3.72. The highest BCUT2D eigenvalue weighted by Gasteiger charge is 2.20. The summed E-state index contributed by atoms with van der Waals surface area (Å²) < 4.78 is 16.0. The fraction of sp³-hybridized carbons (Fsp3) is 0.188. The second-order valence-corrected chi connectivity index (χ2v) is 5.51. The van der Waals surface area contributed by atoms with Crippen molar-refractivity contribution >= 4 is 17.3 Å². The topological polar surface area (TPSA) is 74.5 Å². The average molecular weight is 330 g/mol. The Bertz CT molecular complexity index is 781. The van der Waals surface area contributed by atoms with Crippen molar-refractivity contribution in [1.29, 1.82) is 0 Å². The molecular weight excluding hydrogens is 316 g/mol. The van der Waals surface area contributed by atoms with Crippen molar-refractivity contribution in [1.82, 2.24) is 10.2 Å². The fourth-order valence-corrected chi connectivity index (χ4v) is 2.53. The number of methoxy groups -OCH3 is 1. The third kappa shape index (κ3) is 3.40. The number of aromatic nitrogens is 2. The molecule has 23 heavy (non-hydrogen) atoms. The van der Waals surface area contributed by atoms with Gasteiger partial charge in [0.25, 0.3) is 5.89 Å². The van der Waals surface area contributed by atoms with Crippen LogP contribution in [0.25, 0.3) is 11.5 Å². The molecule has 3 rings (SSSR count). The molecule has 0 fully saturated rings. The molecule has 1 aromatic carbocycles. The molecule has 3 aromatic rings. The Kier molecular flexibility index (Phi) is 4.38. The van der Waals surface area contributed by atoms with Crippen molar-refractivity contribution in [2.45, 2.75) is 13.0 Å². The van der Waals surface area contributed by atoms with Gasteiger partial charge in [0.05, 0.1) is 12.7 Å². The fourth-order valence-electron chi connectivity index (χ4n) is 1.91. The van der Waals surface area contributed by atoms with Gasteiger partial charge in [-0.05, 0) is 42.6 Å². The number of hydrogen-bond acceptors (Lipinski definition) is 7. The summed E-state index contributed by atoms with van der Waals surface area (Å²) in [4.78, 5) is 11.9. The van der Waals surface area contributed by atoms with E-state index >= 15 is 0 Å². The van der Waals surface area contributed by atoms with Crippen molar-refractivity contribution in [2.75, 3.05) is 7.11 Å². The Morgan fingerprint density at radius 3 is 2.65 bits per heavy atom. The second-order valence-electron chi connectivity index (χ2n) is 4.73. The summed E-state index contributed by atoms with van der Waals surface area (Å²) in [7, 11) is 1.60. The molecule has 7 heteroatoms. The highest BCUT2D eigenvalue weighted by Crippen LogP contribution is 2.24. The monoisotopic (exact) mass is 330 g/mol. The summed E-state index contributed by atoms with van der Waals surface area (Å²) >= 11 is 1.43. The quantitative estimate of drug-likeness (QED) is 0.664. The van der Waals surface area contributed by atoms with Crippen LogP contribution in [0, 0.1) is 0 Å². The molecule has 0 bridgehead atoms. The first-order valence-corrected chi connectivity index (χ1v) is 7.82. The first-order valence-electron chi connectivity index (χ1n) is 6.88. The first-order chi connectivity index (χ1) is 11.2. The van der Waals surface area contributed by atoms with Crippen LogP contribution in [0.5, 0.6) is 5.75 Å². The van der Waals surface area contributed by atoms with E-state index in [2.05, 4.69) is 10.2 Å². The summed E-state index contributed by atoms with van der Waals surface area (Å²) in [6, 6.07) is 8.95. The predicted molar refractivity (Wildman–Crippen MR) is 84.4 cm³/mol. The summed E-state index contributed by atoms with van der Waals surface area (Å²) in [6.07, 6.45) is -0.623. The maximum absolute atomic E-state index is 11.9. The molecule has 0 N–H and O–H groups in total. The summed E-state index contributed by atoms with van der Waals surface area (Å²) in [5.74, 6) is 0.940. The van der Waals surface area contributed by atoms with Crippen LogP contribution in [0.2, 0.25) is 0 Å². The van der Waals surface area contributed by atoms with Gasteiger partial charge in [0, 0.05) is 10.9 Å². The number of esters is 1. The maximum atomic E-state index is 11.9. The van der Waals surface area contributed by atoms with E-state index in [1.165, 1.54) is 11.3 Å². The molecule has 1 atom stereocenters. The first kappa shape index (κ1) is 15.2. The molecule has 118 valence electrons. The smallest absolute Gasteiger partial charge is 0.339 e. The lowest BCUT2D eigenvalue weighted by Gasteiger charge is -2.08. The molecule has 0 aliphatic carbocycles. The summed E-state index contributed by atoms with van der Waals surface area (Å²) in [5, 5.41) is 11.5. The van der Waals surface area contributed by atoms with Gasteiger partial charge >= 0.3 is 5.97 Å². The molecule has 2 aromatic heterocycles. The lowest BCUT2D eigenvalue weighted by molar-refractivity contribution is 0.0280. The minimum absolute atomic E-state index is 0.249. The molecule has 0 radical (unpaired) electrons. The maximum Gasteiger partial charge on any atom is 0.339 e. The zero-order valence-corrected chi connectivity index (χ0v) is 13.4. The van der Waals surface area contributed by atoms with E-state index < -0.39 is 12.1 Å². The number of rotatable bonds is 5. The highest BCUT2D eigenvalue weighted by molar-refractivity contribution is 7.08. The zero-order valence-electron chi connectivity index (χ0n) is 12.6. The molecular formula is C16H14N2O4S. The third-order valence-electron chi connectivity index (χ3n) is 3.17. The van der Waals surface area contributed by atoms with E-state index in [0.29, 0.717) is 11.5 Å². The van der Waals surface area contributed by atoms with Gasteiger partial charge in [-0.2, -0.15) is 11.3 Å². The van der Waals surface area contributed by atoms with Crippen molar-refractivity contribution in [3.05, 3.63) is 52.5 Å². The van der Waals surface area contributed by atoms with E-state index in [9.17, 15) is 4.79 Å². The van der Waals surface area contributed by atoms with E-state index in [-0.39, 0.29) is 5.89 Å². The minimum Gasteiger partial charge on any atom is -0.497 e. The van der Waals surface area contributed by atoms with Gasteiger partial charge in [-0.1, -0.05) is 0 Å². The van der Waals surface area contributed by atoms with Crippen molar-refractivity contribution in [3.8, 4) is 17.2 Å². The average Bonchev–Trinajstić information content (AvgIpc) is 3.26. The number of nitrogens with zero attached hydrogens (tertiary/aromatic N) is 2. The molecule has 0 aliphatic rings.